The quantitative estimate of drug-likeness (QED) is 0.726. The Hall–Kier alpha value is -1.97. The molecule has 0 amide bonds. The lowest BCUT2D eigenvalue weighted by Crippen LogP contribution is -2.42. The Bertz CT molecular complexity index is 934. The standard InChI is InChI=1S/C16H14F5NO5S/c17-15(18)5-9-10(27-4-3-14(6-22)7-26-8-14)1-2-11(12(9)13(15)23)28(24,25)16(19,20)21/h1-2,13,23H,3-5,7-8H2/t13-/m0/s1. The van der Waals surface area contributed by atoms with Gasteiger partial charge in [-0.25, -0.2) is 17.2 Å². The fraction of sp³-hybridized carbons (Fsp3) is 0.562. The molecule has 1 aromatic rings. The number of nitriles is 1. The summed E-state index contributed by atoms with van der Waals surface area (Å²) in [5, 5.41) is 18.9. The van der Waals surface area contributed by atoms with E-state index in [-0.39, 0.29) is 32.0 Å². The van der Waals surface area contributed by atoms with Crippen LogP contribution in [0.1, 0.15) is 23.7 Å². The van der Waals surface area contributed by atoms with Crippen molar-refractivity contribution in [2.45, 2.75) is 35.3 Å². The second kappa shape index (κ2) is 6.53. The molecule has 0 bridgehead atoms. The van der Waals surface area contributed by atoms with Crippen LogP contribution in [0.4, 0.5) is 22.0 Å². The van der Waals surface area contributed by atoms with E-state index in [4.69, 9.17) is 14.7 Å². The lowest BCUT2D eigenvalue weighted by atomic mass is 9.85. The molecule has 1 N–H and O–H groups in total. The van der Waals surface area contributed by atoms with Gasteiger partial charge in [0.2, 0.25) is 0 Å². The molecule has 3 rings (SSSR count). The fourth-order valence-corrected chi connectivity index (χ4v) is 4.13. The van der Waals surface area contributed by atoms with Crippen LogP contribution in [-0.2, 0) is 21.0 Å². The van der Waals surface area contributed by atoms with Crippen molar-refractivity contribution in [3.05, 3.63) is 23.3 Å². The van der Waals surface area contributed by atoms with E-state index in [1.54, 1.807) is 0 Å². The lowest BCUT2D eigenvalue weighted by Gasteiger charge is -2.34. The molecule has 6 nitrogen and oxygen atoms in total. The molecule has 0 saturated carbocycles. The number of hydrogen-bond acceptors (Lipinski definition) is 6. The summed E-state index contributed by atoms with van der Waals surface area (Å²) >= 11 is 0. The Morgan fingerprint density at radius 3 is 2.46 bits per heavy atom. The zero-order valence-electron chi connectivity index (χ0n) is 14.1. The molecular weight excluding hydrogens is 413 g/mol. The molecule has 2 aliphatic rings. The van der Waals surface area contributed by atoms with Gasteiger partial charge in [0.1, 0.15) is 17.3 Å². The highest BCUT2D eigenvalue weighted by Gasteiger charge is 2.55. The fourth-order valence-electron chi connectivity index (χ4n) is 3.11. The first-order valence-electron chi connectivity index (χ1n) is 7.99. The molecule has 12 heteroatoms. The predicted molar refractivity (Wildman–Crippen MR) is 82.3 cm³/mol. The Morgan fingerprint density at radius 2 is 1.96 bits per heavy atom. The third-order valence-electron chi connectivity index (χ3n) is 4.79. The van der Waals surface area contributed by atoms with Crippen molar-refractivity contribution < 1.29 is 45.0 Å². The van der Waals surface area contributed by atoms with E-state index >= 15 is 0 Å². The summed E-state index contributed by atoms with van der Waals surface area (Å²) in [6.45, 7) is 0.214. The number of benzene rings is 1. The van der Waals surface area contributed by atoms with Gasteiger partial charge in [-0.1, -0.05) is 0 Å². The molecule has 1 saturated heterocycles. The van der Waals surface area contributed by atoms with Crippen molar-refractivity contribution in [1.29, 1.82) is 5.26 Å². The first-order valence-corrected chi connectivity index (χ1v) is 9.48. The molecule has 1 atom stereocenters. The van der Waals surface area contributed by atoms with E-state index in [2.05, 4.69) is 0 Å². The number of ether oxygens (including phenoxy) is 2. The largest absolute Gasteiger partial charge is 0.501 e. The SMILES string of the molecule is N#CC1(CCOc2ccc(S(=O)(=O)C(F)(F)F)c3c2CC(F)(F)[C@H]3O)COC1. The molecule has 0 unspecified atom stereocenters. The van der Waals surface area contributed by atoms with Crippen LogP contribution in [0.3, 0.4) is 0 Å². The number of sulfone groups is 1. The summed E-state index contributed by atoms with van der Waals surface area (Å²) in [4.78, 5) is -1.42. The van der Waals surface area contributed by atoms with Crippen molar-refractivity contribution in [1.82, 2.24) is 0 Å². The maximum Gasteiger partial charge on any atom is 0.501 e. The van der Waals surface area contributed by atoms with Gasteiger partial charge in [-0.05, 0) is 12.1 Å². The van der Waals surface area contributed by atoms with Crippen molar-refractivity contribution in [3.8, 4) is 11.8 Å². The zero-order chi connectivity index (χ0) is 21.0. The second-order valence-electron chi connectivity index (χ2n) is 6.73. The van der Waals surface area contributed by atoms with Crippen molar-refractivity contribution in [2.24, 2.45) is 5.41 Å². The number of nitrogens with zero attached hydrogens (tertiary/aromatic N) is 1. The van der Waals surface area contributed by atoms with Gasteiger partial charge < -0.3 is 14.6 Å². The molecule has 1 aliphatic heterocycles. The predicted octanol–water partition coefficient (Wildman–Crippen LogP) is 2.51. The van der Waals surface area contributed by atoms with E-state index in [0.29, 0.717) is 6.07 Å². The Morgan fingerprint density at radius 1 is 1.32 bits per heavy atom. The van der Waals surface area contributed by atoms with Gasteiger partial charge in [-0.15, -0.1) is 0 Å². The average molecular weight is 427 g/mol. The monoisotopic (exact) mass is 427 g/mol. The molecule has 1 heterocycles. The molecule has 1 aromatic carbocycles. The van der Waals surface area contributed by atoms with Crippen LogP contribution in [0.25, 0.3) is 0 Å². The average Bonchev–Trinajstić information content (AvgIpc) is 2.79. The molecule has 0 radical (unpaired) electrons. The van der Waals surface area contributed by atoms with E-state index in [9.17, 15) is 35.5 Å². The summed E-state index contributed by atoms with van der Waals surface area (Å²) < 4.78 is 100. The number of fused-ring (bicyclic) bond motifs is 1. The van der Waals surface area contributed by atoms with Gasteiger partial charge in [-0.2, -0.15) is 18.4 Å². The summed E-state index contributed by atoms with van der Waals surface area (Å²) in [6.07, 6.45) is -3.71. The number of hydrogen-bond donors (Lipinski definition) is 1. The summed E-state index contributed by atoms with van der Waals surface area (Å²) in [5.74, 6) is -4.12. The Balaban J connectivity index is 1.96. The second-order valence-corrected chi connectivity index (χ2v) is 8.64. The van der Waals surface area contributed by atoms with Crippen LogP contribution >= 0.6 is 0 Å². The van der Waals surface area contributed by atoms with Crippen LogP contribution in [0, 0.1) is 16.7 Å². The third-order valence-corrected chi connectivity index (χ3v) is 6.33. The van der Waals surface area contributed by atoms with Gasteiger partial charge in [0.15, 0.2) is 0 Å². The van der Waals surface area contributed by atoms with Crippen LogP contribution in [0.15, 0.2) is 17.0 Å². The van der Waals surface area contributed by atoms with Gasteiger partial charge in [0.05, 0.1) is 30.8 Å². The summed E-state index contributed by atoms with van der Waals surface area (Å²) in [7, 11) is -5.95. The van der Waals surface area contributed by atoms with Gasteiger partial charge in [-0.3, -0.25) is 0 Å². The minimum absolute atomic E-state index is 0.129. The third kappa shape index (κ3) is 3.21. The highest BCUT2D eigenvalue weighted by molar-refractivity contribution is 7.92. The van der Waals surface area contributed by atoms with Crippen molar-refractivity contribution >= 4 is 9.84 Å². The summed E-state index contributed by atoms with van der Waals surface area (Å²) in [6, 6.07) is 3.39. The Kier molecular flexibility index (Phi) is 4.84. The Labute approximate surface area is 156 Å². The minimum atomic E-state index is -5.95. The van der Waals surface area contributed by atoms with Crippen LogP contribution in [0.2, 0.25) is 0 Å². The van der Waals surface area contributed by atoms with E-state index in [1.165, 1.54) is 0 Å². The van der Waals surface area contributed by atoms with Gasteiger partial charge in [0.25, 0.3) is 15.8 Å². The molecule has 28 heavy (non-hydrogen) atoms. The molecule has 0 spiro atoms. The van der Waals surface area contributed by atoms with Crippen molar-refractivity contribution in [3.63, 3.8) is 0 Å². The molecule has 1 aliphatic carbocycles. The van der Waals surface area contributed by atoms with E-state index in [1.807, 2.05) is 6.07 Å². The smallest absolute Gasteiger partial charge is 0.493 e. The number of alkyl halides is 5. The number of halogens is 5. The highest BCUT2D eigenvalue weighted by atomic mass is 32.2. The number of aliphatic hydroxyl groups is 1. The zero-order valence-corrected chi connectivity index (χ0v) is 14.9. The maximum atomic E-state index is 14.0. The maximum absolute atomic E-state index is 14.0. The first kappa shape index (κ1) is 20.8. The van der Waals surface area contributed by atoms with Gasteiger partial charge >= 0.3 is 5.51 Å². The topological polar surface area (TPSA) is 96.6 Å². The molecule has 1 fully saturated rings. The van der Waals surface area contributed by atoms with Crippen LogP contribution in [-0.4, -0.2) is 44.8 Å². The molecular formula is C16H14F5NO5S. The van der Waals surface area contributed by atoms with Crippen LogP contribution in [0.5, 0.6) is 5.75 Å². The van der Waals surface area contributed by atoms with Crippen LogP contribution < -0.4 is 4.74 Å². The van der Waals surface area contributed by atoms with E-state index in [0.717, 1.165) is 6.07 Å². The van der Waals surface area contributed by atoms with E-state index < -0.39 is 55.2 Å². The molecule has 154 valence electrons. The normalized spacial score (nSPS) is 22.8. The van der Waals surface area contributed by atoms with Crippen molar-refractivity contribution in [2.75, 3.05) is 19.8 Å². The minimum Gasteiger partial charge on any atom is -0.493 e. The lowest BCUT2D eigenvalue weighted by molar-refractivity contribution is -0.0979. The number of aliphatic hydroxyl groups excluding tert-OH is 1. The van der Waals surface area contributed by atoms with Gasteiger partial charge in [0, 0.05) is 24.0 Å². The summed E-state index contributed by atoms with van der Waals surface area (Å²) in [5.41, 5.74) is -8.02. The number of rotatable bonds is 5. The highest BCUT2D eigenvalue weighted by Crippen LogP contribution is 2.50. The molecule has 0 aromatic heterocycles. The first-order chi connectivity index (χ1) is 12.8.